The molecular weight excluding hydrogens is 495 g/mol. The zero-order valence-corrected chi connectivity index (χ0v) is 19.5. The van der Waals surface area contributed by atoms with E-state index < -0.39 is 0 Å². The summed E-state index contributed by atoms with van der Waals surface area (Å²) in [6.07, 6.45) is 2.08. The van der Waals surface area contributed by atoms with Crippen molar-refractivity contribution < 1.29 is 4.74 Å². The summed E-state index contributed by atoms with van der Waals surface area (Å²) < 4.78 is 6.67. The van der Waals surface area contributed by atoms with Gasteiger partial charge in [-0.1, -0.05) is 34.1 Å². The zero-order valence-electron chi connectivity index (χ0n) is 15.6. The molecule has 1 aromatic carbocycles. The van der Waals surface area contributed by atoms with Gasteiger partial charge in [0.2, 0.25) is 0 Å². The third kappa shape index (κ3) is 6.08. The molecule has 25 heavy (non-hydrogen) atoms. The normalized spacial score (nSPS) is 17.1. The maximum atomic E-state index is 5.55. The summed E-state index contributed by atoms with van der Waals surface area (Å²) in [5, 5.41) is 3.56. The van der Waals surface area contributed by atoms with Crippen LogP contribution >= 0.6 is 39.9 Å². The van der Waals surface area contributed by atoms with Crippen LogP contribution in [0.25, 0.3) is 0 Å². The summed E-state index contributed by atoms with van der Waals surface area (Å²) >= 11 is 3.62. The molecule has 0 saturated carbocycles. The average molecular weight is 525 g/mol. The van der Waals surface area contributed by atoms with Gasteiger partial charge >= 0.3 is 0 Å². The number of hydrogen-bond acceptors (Lipinski definition) is 3. The molecule has 0 atom stereocenters. The Bertz CT molecular complexity index is 562. The molecule has 0 aromatic heterocycles. The van der Waals surface area contributed by atoms with Crippen molar-refractivity contribution in [1.82, 2.24) is 15.1 Å². The van der Waals surface area contributed by atoms with E-state index in [1.54, 1.807) is 0 Å². The molecule has 0 radical (unpaired) electrons. The maximum absolute atomic E-state index is 5.55. The second-order valence-electron chi connectivity index (χ2n) is 6.58. The highest BCUT2D eigenvalue weighted by Crippen LogP contribution is 2.25. The van der Waals surface area contributed by atoms with Gasteiger partial charge in [0, 0.05) is 50.4 Å². The van der Waals surface area contributed by atoms with E-state index in [-0.39, 0.29) is 29.5 Å². The van der Waals surface area contributed by atoms with Crippen LogP contribution in [0.1, 0.15) is 18.4 Å². The molecule has 1 N–H and O–H groups in total. The van der Waals surface area contributed by atoms with Crippen LogP contribution in [-0.2, 0) is 11.3 Å². The molecule has 1 aliphatic heterocycles. The van der Waals surface area contributed by atoms with Crippen LogP contribution < -0.4 is 5.32 Å². The fourth-order valence-electron chi connectivity index (χ4n) is 3.12. The lowest BCUT2D eigenvalue weighted by Crippen LogP contribution is -2.57. The second kappa shape index (κ2) is 10.7. The molecule has 142 valence electrons. The van der Waals surface area contributed by atoms with E-state index in [0.717, 1.165) is 49.6 Å². The molecule has 1 heterocycles. The van der Waals surface area contributed by atoms with Crippen molar-refractivity contribution in [2.45, 2.75) is 24.9 Å². The fourth-order valence-corrected chi connectivity index (χ4v) is 3.53. The van der Waals surface area contributed by atoms with Gasteiger partial charge in [-0.05, 0) is 38.6 Å². The van der Waals surface area contributed by atoms with Crippen molar-refractivity contribution in [3.63, 3.8) is 0 Å². The number of ether oxygens (including phenoxy) is 1. The molecule has 5 nitrogen and oxygen atoms in total. The van der Waals surface area contributed by atoms with Crippen molar-refractivity contribution in [2.75, 3.05) is 47.9 Å². The predicted octanol–water partition coefficient (Wildman–Crippen LogP) is 3.19. The number of nitrogens with zero attached hydrogens (tertiary/aromatic N) is 3. The highest BCUT2D eigenvalue weighted by atomic mass is 127. The van der Waals surface area contributed by atoms with Gasteiger partial charge < -0.3 is 19.9 Å². The highest BCUT2D eigenvalue weighted by Gasteiger charge is 2.35. The van der Waals surface area contributed by atoms with E-state index in [0.29, 0.717) is 0 Å². The SMILES string of the molecule is CN=C(NCC1(N(C)C)CCOCC1)N(C)Cc1ccccc1Br.I. The van der Waals surface area contributed by atoms with Gasteiger partial charge in [-0.25, -0.2) is 0 Å². The fraction of sp³-hybridized carbons (Fsp3) is 0.611. The van der Waals surface area contributed by atoms with Gasteiger partial charge in [-0.15, -0.1) is 24.0 Å². The first-order valence-corrected chi connectivity index (χ1v) is 9.18. The number of benzene rings is 1. The summed E-state index contributed by atoms with van der Waals surface area (Å²) in [5.41, 5.74) is 1.37. The van der Waals surface area contributed by atoms with Gasteiger partial charge in [0.25, 0.3) is 0 Å². The lowest BCUT2D eigenvalue weighted by molar-refractivity contribution is -0.00522. The lowest BCUT2D eigenvalue weighted by atomic mass is 9.88. The van der Waals surface area contributed by atoms with E-state index in [1.165, 1.54) is 5.56 Å². The number of likely N-dealkylation sites (N-methyl/N-ethyl adjacent to an activating group) is 1. The van der Waals surface area contributed by atoms with E-state index in [4.69, 9.17) is 4.74 Å². The first-order chi connectivity index (χ1) is 11.5. The minimum Gasteiger partial charge on any atom is -0.381 e. The first-order valence-electron chi connectivity index (χ1n) is 8.39. The Morgan fingerprint density at radius 2 is 1.88 bits per heavy atom. The van der Waals surface area contributed by atoms with Gasteiger partial charge in [0.15, 0.2) is 5.96 Å². The summed E-state index contributed by atoms with van der Waals surface area (Å²) in [4.78, 5) is 8.93. The van der Waals surface area contributed by atoms with Gasteiger partial charge in [-0.2, -0.15) is 0 Å². The first kappa shape index (κ1) is 22.7. The Labute approximate surface area is 177 Å². The number of rotatable bonds is 5. The smallest absolute Gasteiger partial charge is 0.193 e. The zero-order chi connectivity index (χ0) is 17.6. The van der Waals surface area contributed by atoms with Crippen LogP contribution in [0.2, 0.25) is 0 Å². The van der Waals surface area contributed by atoms with Crippen LogP contribution in [-0.4, -0.2) is 69.2 Å². The summed E-state index contributed by atoms with van der Waals surface area (Å²) in [6, 6.07) is 8.30. The monoisotopic (exact) mass is 524 g/mol. The summed E-state index contributed by atoms with van der Waals surface area (Å²) in [6.45, 7) is 3.33. The molecule has 1 fully saturated rings. The lowest BCUT2D eigenvalue weighted by Gasteiger charge is -2.43. The second-order valence-corrected chi connectivity index (χ2v) is 7.43. The Morgan fingerprint density at radius 3 is 2.44 bits per heavy atom. The van der Waals surface area contributed by atoms with E-state index >= 15 is 0 Å². The number of hydrogen-bond donors (Lipinski definition) is 1. The molecule has 1 saturated heterocycles. The highest BCUT2D eigenvalue weighted by molar-refractivity contribution is 14.0. The summed E-state index contributed by atoms with van der Waals surface area (Å²) in [5.74, 6) is 0.915. The van der Waals surface area contributed by atoms with Crippen molar-refractivity contribution in [3.8, 4) is 0 Å². The standard InChI is InChI=1S/C18H29BrN4O.HI/c1-20-17(23(4)13-15-7-5-6-8-16(15)19)21-14-18(22(2)3)9-11-24-12-10-18;/h5-8H,9-14H2,1-4H3,(H,20,21);1H. The van der Waals surface area contributed by atoms with Gasteiger partial charge in [0.1, 0.15) is 0 Å². The van der Waals surface area contributed by atoms with Crippen molar-refractivity contribution in [3.05, 3.63) is 34.3 Å². The van der Waals surface area contributed by atoms with E-state index in [2.05, 4.69) is 75.4 Å². The minimum atomic E-state index is 0. The molecule has 0 unspecified atom stereocenters. The molecule has 1 aromatic rings. The summed E-state index contributed by atoms with van der Waals surface area (Å²) in [7, 11) is 8.22. The molecule has 0 aliphatic carbocycles. The van der Waals surface area contributed by atoms with Crippen molar-refractivity contribution in [2.24, 2.45) is 4.99 Å². The van der Waals surface area contributed by atoms with Crippen LogP contribution in [0.15, 0.2) is 33.7 Å². The van der Waals surface area contributed by atoms with Crippen LogP contribution in [0.4, 0.5) is 0 Å². The molecule has 0 amide bonds. The van der Waals surface area contributed by atoms with Crippen LogP contribution in [0.3, 0.4) is 0 Å². The molecule has 1 aliphatic rings. The Hall–Kier alpha value is -0.380. The molecule has 7 heteroatoms. The number of halogens is 2. The Morgan fingerprint density at radius 1 is 1.24 bits per heavy atom. The van der Waals surface area contributed by atoms with Crippen LogP contribution in [0, 0.1) is 0 Å². The topological polar surface area (TPSA) is 40.1 Å². The number of nitrogens with one attached hydrogen (secondary N) is 1. The van der Waals surface area contributed by atoms with Crippen LogP contribution in [0.5, 0.6) is 0 Å². The average Bonchev–Trinajstić information content (AvgIpc) is 2.58. The Kier molecular flexibility index (Phi) is 9.69. The van der Waals surface area contributed by atoms with E-state index in [9.17, 15) is 0 Å². The quantitative estimate of drug-likeness (QED) is 0.365. The van der Waals surface area contributed by atoms with Gasteiger partial charge in [-0.3, -0.25) is 4.99 Å². The molecule has 0 bridgehead atoms. The molecule has 0 spiro atoms. The Balaban J connectivity index is 0.00000312. The third-order valence-corrected chi connectivity index (χ3v) is 5.66. The third-order valence-electron chi connectivity index (χ3n) is 4.89. The maximum Gasteiger partial charge on any atom is 0.193 e. The number of aliphatic imine (C=N–C) groups is 1. The predicted molar refractivity (Wildman–Crippen MR) is 119 cm³/mol. The van der Waals surface area contributed by atoms with Crippen molar-refractivity contribution in [1.29, 1.82) is 0 Å². The van der Waals surface area contributed by atoms with Gasteiger partial charge in [0.05, 0.1) is 0 Å². The van der Waals surface area contributed by atoms with Crippen molar-refractivity contribution >= 4 is 45.9 Å². The largest absolute Gasteiger partial charge is 0.381 e. The molecular formula is C18H30BrIN4O. The van der Waals surface area contributed by atoms with E-state index in [1.807, 2.05) is 13.1 Å². The minimum absolute atomic E-state index is 0. The number of guanidine groups is 1. The molecule has 2 rings (SSSR count).